The summed E-state index contributed by atoms with van der Waals surface area (Å²) in [6.45, 7) is 0. The Morgan fingerprint density at radius 1 is 1.32 bits per heavy atom. The number of amidine groups is 1. The molecule has 0 aliphatic heterocycles. The molecule has 0 aliphatic rings. The Morgan fingerprint density at radius 2 is 1.95 bits per heavy atom. The molecule has 0 saturated carbocycles. The monoisotopic (exact) mass is 314 g/mol. The molecule has 1 aromatic heterocycles. The van der Waals surface area contributed by atoms with Gasteiger partial charge in [-0.25, -0.2) is 0 Å². The van der Waals surface area contributed by atoms with Gasteiger partial charge < -0.3 is 9.26 Å². The van der Waals surface area contributed by atoms with Gasteiger partial charge in [0.05, 0.1) is 7.11 Å². The van der Waals surface area contributed by atoms with Gasteiger partial charge in [-0.1, -0.05) is 17.3 Å². The molecule has 1 aromatic carbocycles. The molecular weight excluding hydrogens is 305 g/mol. The van der Waals surface area contributed by atoms with E-state index < -0.39 is 24.0 Å². The zero-order valence-corrected chi connectivity index (χ0v) is 11.1. The molecule has 116 valence electrons. The number of amides is 1. The van der Waals surface area contributed by atoms with Gasteiger partial charge >= 0.3 is 12.1 Å². The van der Waals surface area contributed by atoms with E-state index in [0.717, 1.165) is 0 Å². The first-order valence-corrected chi connectivity index (χ1v) is 5.76. The number of ether oxygens (including phenoxy) is 1. The van der Waals surface area contributed by atoms with Crippen LogP contribution in [0.15, 0.2) is 28.8 Å². The maximum atomic E-state index is 12.4. The third-order valence-electron chi connectivity index (χ3n) is 2.51. The molecule has 0 atom stereocenters. The van der Waals surface area contributed by atoms with E-state index in [1.54, 1.807) is 0 Å². The molecule has 0 bridgehead atoms. The van der Waals surface area contributed by atoms with Crippen LogP contribution in [0.2, 0.25) is 0 Å². The molecule has 1 amide bonds. The first-order chi connectivity index (χ1) is 10.3. The van der Waals surface area contributed by atoms with Gasteiger partial charge in [-0.3, -0.25) is 15.5 Å². The molecule has 0 spiro atoms. The third-order valence-corrected chi connectivity index (χ3v) is 2.51. The van der Waals surface area contributed by atoms with E-state index >= 15 is 0 Å². The first kappa shape index (κ1) is 15.5. The minimum absolute atomic E-state index is 0.185. The van der Waals surface area contributed by atoms with Gasteiger partial charge in [-0.05, 0) is 12.1 Å². The van der Waals surface area contributed by atoms with Crippen LogP contribution in [0.25, 0.3) is 11.4 Å². The quantitative estimate of drug-likeness (QED) is 0.652. The highest BCUT2D eigenvalue weighted by Gasteiger charge is 2.38. The number of rotatable bonds is 2. The number of aromatic nitrogens is 2. The Bertz CT molecular complexity index is 694. The number of nitrogens with one attached hydrogen (secondary N) is 2. The van der Waals surface area contributed by atoms with Crippen molar-refractivity contribution in [2.45, 2.75) is 6.18 Å². The number of alkyl halides is 3. The maximum Gasteiger partial charge on any atom is 0.471 e. The summed E-state index contributed by atoms with van der Waals surface area (Å²) in [6.07, 6.45) is -4.72. The van der Waals surface area contributed by atoms with Crippen molar-refractivity contribution < 1.29 is 27.2 Å². The molecule has 2 N–H and O–H groups in total. The lowest BCUT2D eigenvalue weighted by Gasteiger charge is -2.04. The molecule has 1 heterocycles. The molecule has 0 saturated heterocycles. The summed E-state index contributed by atoms with van der Waals surface area (Å²) >= 11 is 0. The fourth-order valence-electron chi connectivity index (χ4n) is 1.45. The standard InChI is InChI=1S/C12H9F3N4O3/c1-21-11(16)18-9(20)7-4-2-6(3-5-7)8-17-10(22-19-8)12(13,14)15/h2-5H,1H3,(H2,16,18,20). The number of benzene rings is 1. The van der Waals surface area contributed by atoms with E-state index in [-0.39, 0.29) is 17.0 Å². The number of carbonyl (C=O) groups excluding carboxylic acids is 1. The summed E-state index contributed by atoms with van der Waals surface area (Å²) in [5.74, 6) is -2.29. The number of carbonyl (C=O) groups is 1. The molecule has 0 fully saturated rings. The number of methoxy groups -OCH3 is 1. The number of nitrogens with zero attached hydrogens (tertiary/aromatic N) is 2. The highest BCUT2D eigenvalue weighted by molar-refractivity contribution is 6.03. The average Bonchev–Trinajstić information content (AvgIpc) is 2.97. The third kappa shape index (κ3) is 3.40. The molecule has 2 rings (SSSR count). The second-order valence-electron chi connectivity index (χ2n) is 3.99. The van der Waals surface area contributed by atoms with Crippen LogP contribution in [0.5, 0.6) is 0 Å². The maximum absolute atomic E-state index is 12.4. The van der Waals surface area contributed by atoms with Gasteiger partial charge in [0.25, 0.3) is 11.9 Å². The van der Waals surface area contributed by atoms with Crippen molar-refractivity contribution in [3.8, 4) is 11.4 Å². The Labute approximate surface area is 121 Å². The molecule has 22 heavy (non-hydrogen) atoms. The summed E-state index contributed by atoms with van der Waals surface area (Å²) < 4.78 is 45.7. The van der Waals surface area contributed by atoms with Crippen LogP contribution in [0.4, 0.5) is 13.2 Å². The molecule has 7 nitrogen and oxygen atoms in total. The van der Waals surface area contributed by atoms with Crippen LogP contribution in [-0.2, 0) is 10.9 Å². The topological polar surface area (TPSA) is 101 Å². The normalized spacial score (nSPS) is 11.1. The van der Waals surface area contributed by atoms with Crippen LogP contribution >= 0.6 is 0 Å². The lowest BCUT2D eigenvalue weighted by molar-refractivity contribution is -0.159. The molecule has 2 aromatic rings. The van der Waals surface area contributed by atoms with E-state index in [2.05, 4.69) is 24.7 Å². The van der Waals surface area contributed by atoms with Crippen LogP contribution in [0.1, 0.15) is 16.2 Å². The Hall–Kier alpha value is -2.91. The van der Waals surface area contributed by atoms with Crippen LogP contribution in [0.3, 0.4) is 0 Å². The van der Waals surface area contributed by atoms with Gasteiger partial charge in [-0.2, -0.15) is 18.2 Å². The number of halogens is 3. The Balaban J connectivity index is 2.17. The molecule has 10 heteroatoms. The molecule has 0 radical (unpaired) electrons. The average molecular weight is 314 g/mol. The predicted molar refractivity (Wildman–Crippen MR) is 66.9 cm³/mol. The van der Waals surface area contributed by atoms with Crippen molar-refractivity contribution in [3.63, 3.8) is 0 Å². The van der Waals surface area contributed by atoms with Crippen molar-refractivity contribution in [3.05, 3.63) is 35.7 Å². The van der Waals surface area contributed by atoms with Crippen molar-refractivity contribution in [1.82, 2.24) is 15.5 Å². The smallest absolute Gasteiger partial charge is 0.468 e. The van der Waals surface area contributed by atoms with Gasteiger partial charge in [-0.15, -0.1) is 0 Å². The highest BCUT2D eigenvalue weighted by atomic mass is 19.4. The van der Waals surface area contributed by atoms with Crippen LogP contribution in [-0.4, -0.2) is 29.2 Å². The molecule has 0 aliphatic carbocycles. The van der Waals surface area contributed by atoms with Crippen LogP contribution in [0, 0.1) is 5.41 Å². The second kappa shape index (κ2) is 5.84. The summed E-state index contributed by atoms with van der Waals surface area (Å²) in [4.78, 5) is 14.9. The molecular formula is C12H9F3N4O3. The van der Waals surface area contributed by atoms with Crippen molar-refractivity contribution >= 4 is 11.9 Å². The number of hydrogen-bond acceptors (Lipinski definition) is 6. The highest BCUT2D eigenvalue weighted by Crippen LogP contribution is 2.29. The summed E-state index contributed by atoms with van der Waals surface area (Å²) in [5, 5.41) is 12.5. The SMILES string of the molecule is COC(=N)NC(=O)c1ccc(-c2noc(C(F)(F)F)n2)cc1. The zero-order chi connectivity index (χ0) is 16.3. The van der Waals surface area contributed by atoms with E-state index in [4.69, 9.17) is 5.41 Å². The summed E-state index contributed by atoms with van der Waals surface area (Å²) in [7, 11) is 1.22. The van der Waals surface area contributed by atoms with E-state index in [9.17, 15) is 18.0 Å². The zero-order valence-electron chi connectivity index (χ0n) is 11.1. The summed E-state index contributed by atoms with van der Waals surface area (Å²) in [6, 6.07) is 4.98. The predicted octanol–water partition coefficient (Wildman–Crippen LogP) is 2.07. The largest absolute Gasteiger partial charge is 0.471 e. The van der Waals surface area contributed by atoms with E-state index in [1.165, 1.54) is 31.4 Å². The number of hydrogen-bond donors (Lipinski definition) is 2. The first-order valence-electron chi connectivity index (χ1n) is 5.76. The molecule has 0 unspecified atom stereocenters. The fraction of sp³-hybridized carbons (Fsp3) is 0.167. The van der Waals surface area contributed by atoms with Crippen LogP contribution < -0.4 is 5.32 Å². The van der Waals surface area contributed by atoms with Gasteiger partial charge in [0.15, 0.2) is 0 Å². The lowest BCUT2D eigenvalue weighted by Crippen LogP contribution is -2.30. The minimum atomic E-state index is -4.72. The lowest BCUT2D eigenvalue weighted by atomic mass is 10.1. The van der Waals surface area contributed by atoms with Gasteiger partial charge in [0.1, 0.15) is 0 Å². The van der Waals surface area contributed by atoms with E-state index in [0.29, 0.717) is 0 Å². The van der Waals surface area contributed by atoms with Gasteiger partial charge in [0, 0.05) is 11.1 Å². The minimum Gasteiger partial charge on any atom is -0.468 e. The second-order valence-corrected chi connectivity index (χ2v) is 3.99. The van der Waals surface area contributed by atoms with E-state index in [1.807, 2.05) is 0 Å². The fourth-order valence-corrected chi connectivity index (χ4v) is 1.45. The van der Waals surface area contributed by atoms with Crippen molar-refractivity contribution in [1.29, 1.82) is 5.41 Å². The van der Waals surface area contributed by atoms with Crippen molar-refractivity contribution in [2.24, 2.45) is 0 Å². The summed E-state index contributed by atoms with van der Waals surface area (Å²) in [5.41, 5.74) is 0.433. The van der Waals surface area contributed by atoms with Gasteiger partial charge in [0.2, 0.25) is 5.82 Å². The van der Waals surface area contributed by atoms with Crippen molar-refractivity contribution in [2.75, 3.05) is 7.11 Å². The Kier molecular flexibility index (Phi) is 4.11. The Morgan fingerprint density at radius 3 is 2.45 bits per heavy atom.